The summed E-state index contributed by atoms with van der Waals surface area (Å²) in [5.74, 6) is 0.678. The molecule has 0 bridgehead atoms. The van der Waals surface area contributed by atoms with Gasteiger partial charge in [0.05, 0.1) is 5.75 Å². The van der Waals surface area contributed by atoms with E-state index in [1.54, 1.807) is 0 Å². The number of rotatable bonds is 11. The fraction of sp³-hybridized carbons (Fsp3) is 0.933. The minimum Gasteiger partial charge on any atom is -0.370 e. The van der Waals surface area contributed by atoms with Crippen molar-refractivity contribution in [2.24, 2.45) is 16.1 Å². The zero-order valence-electron chi connectivity index (χ0n) is 13.9. The van der Waals surface area contributed by atoms with Crippen LogP contribution in [0.15, 0.2) is 4.99 Å². The Labute approximate surface area is 152 Å². The van der Waals surface area contributed by atoms with Gasteiger partial charge in [-0.2, -0.15) is 0 Å². The molecule has 1 aliphatic rings. The highest BCUT2D eigenvalue weighted by Gasteiger charge is 2.45. The van der Waals surface area contributed by atoms with Gasteiger partial charge in [-0.05, 0) is 19.3 Å². The molecule has 1 fully saturated rings. The van der Waals surface area contributed by atoms with Gasteiger partial charge in [0.1, 0.15) is 9.84 Å². The first kappa shape index (κ1) is 21.9. The minimum atomic E-state index is -2.93. The first-order chi connectivity index (χ1) is 9.87. The summed E-state index contributed by atoms with van der Waals surface area (Å²) in [6.07, 6.45) is 10.7. The van der Waals surface area contributed by atoms with Crippen LogP contribution in [0.1, 0.15) is 58.3 Å². The molecule has 0 aromatic heterocycles. The largest absolute Gasteiger partial charge is 0.370 e. The maximum atomic E-state index is 11.4. The number of unbranched alkanes of at least 4 members (excludes halogenated alkanes) is 5. The molecular weight excluding hydrogens is 413 g/mol. The van der Waals surface area contributed by atoms with Gasteiger partial charge >= 0.3 is 0 Å². The second kappa shape index (κ2) is 10.7. The van der Waals surface area contributed by atoms with Crippen molar-refractivity contribution in [3.63, 3.8) is 0 Å². The molecule has 0 spiro atoms. The maximum absolute atomic E-state index is 11.4. The number of nitrogens with two attached hydrogens (primary N) is 1. The lowest BCUT2D eigenvalue weighted by molar-refractivity contribution is 0.550. The summed E-state index contributed by atoms with van der Waals surface area (Å²) >= 11 is 0. The second-order valence-electron chi connectivity index (χ2n) is 6.47. The van der Waals surface area contributed by atoms with Gasteiger partial charge in [-0.15, -0.1) is 24.0 Å². The smallest absolute Gasteiger partial charge is 0.188 e. The lowest BCUT2D eigenvalue weighted by Gasteiger charge is -2.11. The van der Waals surface area contributed by atoms with Crippen molar-refractivity contribution in [1.29, 1.82) is 0 Å². The molecule has 0 aromatic carbocycles. The molecule has 0 aromatic rings. The fourth-order valence-corrected chi connectivity index (χ4v) is 4.00. The SMILES string of the molecule is CCCCCCCCNC(N)=NCC1(CS(C)(=O)=O)CC1.I. The summed E-state index contributed by atoms with van der Waals surface area (Å²) in [5.41, 5.74) is 5.69. The maximum Gasteiger partial charge on any atom is 0.188 e. The van der Waals surface area contributed by atoms with Crippen molar-refractivity contribution >= 4 is 39.8 Å². The molecule has 0 saturated heterocycles. The van der Waals surface area contributed by atoms with Crippen molar-refractivity contribution in [3.8, 4) is 0 Å². The molecule has 0 amide bonds. The molecule has 0 aliphatic heterocycles. The predicted molar refractivity (Wildman–Crippen MR) is 105 cm³/mol. The number of halogens is 1. The normalized spacial score (nSPS) is 16.9. The molecule has 5 nitrogen and oxygen atoms in total. The molecule has 1 saturated carbocycles. The summed E-state index contributed by atoms with van der Waals surface area (Å²) in [6.45, 7) is 3.59. The van der Waals surface area contributed by atoms with E-state index in [2.05, 4.69) is 17.2 Å². The Morgan fingerprint density at radius 2 is 1.77 bits per heavy atom. The summed E-state index contributed by atoms with van der Waals surface area (Å²) in [6, 6.07) is 0. The van der Waals surface area contributed by atoms with Gasteiger partial charge in [0.2, 0.25) is 0 Å². The van der Waals surface area contributed by atoms with Gasteiger partial charge in [0, 0.05) is 24.8 Å². The van der Waals surface area contributed by atoms with E-state index in [1.807, 2.05) is 0 Å². The third kappa shape index (κ3) is 10.6. The van der Waals surface area contributed by atoms with E-state index in [1.165, 1.54) is 38.4 Å². The highest BCUT2D eigenvalue weighted by atomic mass is 127. The molecule has 132 valence electrons. The zero-order valence-corrected chi connectivity index (χ0v) is 17.1. The van der Waals surface area contributed by atoms with Gasteiger partial charge < -0.3 is 11.1 Å². The Balaban J connectivity index is 0.00000441. The van der Waals surface area contributed by atoms with Gasteiger partial charge in [0.15, 0.2) is 5.96 Å². The van der Waals surface area contributed by atoms with Gasteiger partial charge in [-0.1, -0.05) is 39.0 Å². The predicted octanol–water partition coefficient (Wildman–Crippen LogP) is 2.69. The Bertz CT molecular complexity index is 434. The van der Waals surface area contributed by atoms with Crippen LogP contribution in [0.2, 0.25) is 0 Å². The van der Waals surface area contributed by atoms with E-state index in [0.29, 0.717) is 12.5 Å². The molecule has 0 unspecified atom stereocenters. The van der Waals surface area contributed by atoms with Crippen molar-refractivity contribution < 1.29 is 8.42 Å². The van der Waals surface area contributed by atoms with Crippen LogP contribution in [0.4, 0.5) is 0 Å². The molecule has 0 radical (unpaired) electrons. The average Bonchev–Trinajstić information content (AvgIpc) is 3.13. The third-order valence-electron chi connectivity index (χ3n) is 3.95. The van der Waals surface area contributed by atoms with Crippen molar-refractivity contribution in [2.45, 2.75) is 58.3 Å². The number of sulfone groups is 1. The van der Waals surface area contributed by atoms with E-state index in [4.69, 9.17) is 5.73 Å². The topological polar surface area (TPSA) is 84.5 Å². The van der Waals surface area contributed by atoms with Crippen LogP contribution in [0.3, 0.4) is 0 Å². The van der Waals surface area contributed by atoms with Crippen molar-refractivity contribution in [1.82, 2.24) is 5.32 Å². The molecular formula is C15H32IN3O2S. The highest BCUT2D eigenvalue weighted by Crippen LogP contribution is 2.46. The van der Waals surface area contributed by atoms with Crippen LogP contribution in [0.5, 0.6) is 0 Å². The molecule has 1 rings (SSSR count). The van der Waals surface area contributed by atoms with Crippen LogP contribution < -0.4 is 11.1 Å². The van der Waals surface area contributed by atoms with Crippen molar-refractivity contribution in [3.05, 3.63) is 0 Å². The Hall–Kier alpha value is -0.0500. The number of nitrogens with zero attached hydrogens (tertiary/aromatic N) is 1. The Morgan fingerprint density at radius 1 is 1.18 bits per heavy atom. The molecule has 22 heavy (non-hydrogen) atoms. The van der Waals surface area contributed by atoms with Crippen LogP contribution in [-0.2, 0) is 9.84 Å². The van der Waals surface area contributed by atoms with Crippen LogP contribution in [-0.4, -0.2) is 39.5 Å². The number of hydrogen-bond acceptors (Lipinski definition) is 3. The van der Waals surface area contributed by atoms with Gasteiger partial charge in [-0.3, -0.25) is 4.99 Å². The van der Waals surface area contributed by atoms with E-state index in [-0.39, 0.29) is 35.1 Å². The molecule has 1 aliphatic carbocycles. The quantitative estimate of drug-likeness (QED) is 0.222. The Morgan fingerprint density at radius 3 is 2.32 bits per heavy atom. The summed E-state index contributed by atoms with van der Waals surface area (Å²) < 4.78 is 22.7. The summed E-state index contributed by atoms with van der Waals surface area (Å²) in [4.78, 5) is 4.31. The van der Waals surface area contributed by atoms with E-state index in [0.717, 1.165) is 25.8 Å². The molecule has 0 heterocycles. The number of nitrogens with one attached hydrogen (secondary N) is 1. The van der Waals surface area contributed by atoms with Crippen molar-refractivity contribution in [2.75, 3.05) is 25.1 Å². The standard InChI is InChI=1S/C15H31N3O2S.HI/c1-3-4-5-6-7-8-11-17-14(16)18-12-15(9-10-15)13-21(2,19)20;/h3-13H2,1-2H3,(H3,16,17,18);1H. The molecule has 0 atom stereocenters. The first-order valence-electron chi connectivity index (χ1n) is 8.08. The van der Waals surface area contributed by atoms with Crippen LogP contribution >= 0.6 is 24.0 Å². The lowest BCUT2D eigenvalue weighted by Crippen LogP contribution is -2.33. The van der Waals surface area contributed by atoms with Crippen LogP contribution in [0.25, 0.3) is 0 Å². The zero-order chi connectivity index (χ0) is 15.8. The highest BCUT2D eigenvalue weighted by molar-refractivity contribution is 14.0. The number of hydrogen-bond donors (Lipinski definition) is 2. The second-order valence-corrected chi connectivity index (χ2v) is 8.61. The van der Waals surface area contributed by atoms with E-state index >= 15 is 0 Å². The summed E-state index contributed by atoms with van der Waals surface area (Å²) in [5, 5.41) is 3.12. The number of aliphatic imine (C=N–C) groups is 1. The first-order valence-corrected chi connectivity index (χ1v) is 10.1. The third-order valence-corrected chi connectivity index (χ3v) is 5.08. The fourth-order valence-electron chi connectivity index (χ4n) is 2.51. The Kier molecular flexibility index (Phi) is 10.6. The molecule has 3 N–H and O–H groups in total. The molecule has 7 heteroatoms. The summed E-state index contributed by atoms with van der Waals surface area (Å²) in [7, 11) is -2.93. The van der Waals surface area contributed by atoms with E-state index < -0.39 is 9.84 Å². The van der Waals surface area contributed by atoms with Crippen LogP contribution in [0, 0.1) is 5.41 Å². The van der Waals surface area contributed by atoms with Gasteiger partial charge in [0.25, 0.3) is 0 Å². The lowest BCUT2D eigenvalue weighted by atomic mass is 10.1. The van der Waals surface area contributed by atoms with E-state index in [9.17, 15) is 8.42 Å². The number of guanidine groups is 1. The van der Waals surface area contributed by atoms with Gasteiger partial charge in [-0.25, -0.2) is 8.42 Å². The average molecular weight is 445 g/mol. The monoisotopic (exact) mass is 445 g/mol. The minimum absolute atomic E-state index is 0.